The molecule has 1 aliphatic rings. The van der Waals surface area contributed by atoms with Crippen LogP contribution >= 0.6 is 0 Å². The van der Waals surface area contributed by atoms with Gasteiger partial charge >= 0.3 is 0 Å². The molecule has 0 aromatic heterocycles. The Morgan fingerprint density at radius 2 is 1.70 bits per heavy atom. The van der Waals surface area contributed by atoms with Crippen LogP contribution in [0.3, 0.4) is 0 Å². The maximum Gasteiger partial charge on any atom is 0.186 e. The topological polar surface area (TPSA) is 99.4 Å². The van der Waals surface area contributed by atoms with E-state index in [1.165, 1.54) is 0 Å². The monoisotopic (exact) mass is 284 g/mol. The highest BCUT2D eigenvalue weighted by Crippen LogP contribution is 2.22. The Morgan fingerprint density at radius 3 is 2.35 bits per heavy atom. The van der Waals surface area contributed by atoms with E-state index in [1.807, 2.05) is 30.3 Å². The van der Waals surface area contributed by atoms with Crippen molar-refractivity contribution in [2.24, 2.45) is 0 Å². The van der Waals surface area contributed by atoms with Gasteiger partial charge in [0, 0.05) is 0 Å². The minimum atomic E-state index is -1.40. The second-order valence-electron chi connectivity index (χ2n) is 4.80. The number of benzene rings is 1. The summed E-state index contributed by atoms with van der Waals surface area (Å²) in [6.45, 7) is -0.157. The molecule has 20 heavy (non-hydrogen) atoms. The van der Waals surface area contributed by atoms with Crippen LogP contribution in [0.25, 0.3) is 0 Å². The molecular formula is C14H20O6. The molecule has 6 heteroatoms. The summed E-state index contributed by atoms with van der Waals surface area (Å²) in [6, 6.07) is 9.67. The van der Waals surface area contributed by atoms with Crippen molar-refractivity contribution in [3.8, 4) is 0 Å². The maximum absolute atomic E-state index is 9.78. The lowest BCUT2D eigenvalue weighted by Gasteiger charge is -2.39. The van der Waals surface area contributed by atoms with Crippen LogP contribution in [-0.2, 0) is 15.9 Å². The van der Waals surface area contributed by atoms with Gasteiger partial charge in [0.2, 0.25) is 0 Å². The van der Waals surface area contributed by atoms with Gasteiger partial charge in [0.25, 0.3) is 0 Å². The molecule has 4 N–H and O–H groups in total. The van der Waals surface area contributed by atoms with Crippen LogP contribution in [0, 0.1) is 0 Å². The van der Waals surface area contributed by atoms with Crippen LogP contribution in [-0.4, -0.2) is 64.3 Å². The molecule has 0 aliphatic carbocycles. The molecular weight excluding hydrogens is 264 g/mol. The SMILES string of the molecule is OCC1OC(OCCc2ccccc2)C(O)C(O)C1O. The van der Waals surface area contributed by atoms with Crippen LogP contribution < -0.4 is 0 Å². The Labute approximate surface area is 117 Å². The first-order chi connectivity index (χ1) is 9.63. The van der Waals surface area contributed by atoms with Gasteiger partial charge in [-0.3, -0.25) is 0 Å². The highest BCUT2D eigenvalue weighted by Gasteiger charge is 2.43. The van der Waals surface area contributed by atoms with E-state index in [-0.39, 0.29) is 0 Å². The summed E-state index contributed by atoms with van der Waals surface area (Å²) in [5.74, 6) is 0. The van der Waals surface area contributed by atoms with E-state index in [2.05, 4.69) is 0 Å². The molecule has 1 aromatic rings. The number of ether oxygens (including phenoxy) is 2. The number of hydrogen-bond donors (Lipinski definition) is 4. The minimum absolute atomic E-state index is 0.298. The van der Waals surface area contributed by atoms with Gasteiger partial charge in [0.05, 0.1) is 13.2 Å². The molecule has 0 spiro atoms. The molecule has 2 rings (SSSR count). The molecule has 1 aliphatic heterocycles. The highest BCUT2D eigenvalue weighted by atomic mass is 16.7. The van der Waals surface area contributed by atoms with Crippen LogP contribution in [0.4, 0.5) is 0 Å². The summed E-state index contributed by atoms with van der Waals surface area (Å²) in [5, 5.41) is 38.1. The first-order valence-electron chi connectivity index (χ1n) is 6.59. The average molecular weight is 284 g/mol. The molecule has 0 saturated carbocycles. The molecule has 1 saturated heterocycles. The van der Waals surface area contributed by atoms with Gasteiger partial charge in [-0.05, 0) is 12.0 Å². The van der Waals surface area contributed by atoms with Gasteiger partial charge in [-0.1, -0.05) is 30.3 Å². The summed E-state index contributed by atoms with van der Waals surface area (Å²) >= 11 is 0. The fourth-order valence-corrected chi connectivity index (χ4v) is 2.14. The van der Waals surface area contributed by atoms with Gasteiger partial charge in [0.1, 0.15) is 24.4 Å². The van der Waals surface area contributed by atoms with E-state index in [9.17, 15) is 15.3 Å². The molecule has 5 atom stereocenters. The average Bonchev–Trinajstić information content (AvgIpc) is 2.48. The van der Waals surface area contributed by atoms with Crippen LogP contribution in [0.5, 0.6) is 0 Å². The van der Waals surface area contributed by atoms with Crippen molar-refractivity contribution in [1.29, 1.82) is 0 Å². The van der Waals surface area contributed by atoms with Crippen molar-refractivity contribution in [1.82, 2.24) is 0 Å². The van der Waals surface area contributed by atoms with Crippen molar-refractivity contribution >= 4 is 0 Å². The number of aliphatic hydroxyl groups is 4. The molecule has 5 unspecified atom stereocenters. The van der Waals surface area contributed by atoms with E-state index in [1.54, 1.807) is 0 Å². The predicted octanol–water partition coefficient (Wildman–Crippen LogP) is -0.954. The van der Waals surface area contributed by atoms with E-state index >= 15 is 0 Å². The number of rotatable bonds is 5. The summed E-state index contributed by atoms with van der Waals surface area (Å²) in [5.41, 5.74) is 1.08. The Morgan fingerprint density at radius 1 is 1.00 bits per heavy atom. The van der Waals surface area contributed by atoms with Gasteiger partial charge in [-0.25, -0.2) is 0 Å². The Bertz CT molecular complexity index is 396. The summed E-state index contributed by atoms with van der Waals surface area (Å²) < 4.78 is 10.6. The summed E-state index contributed by atoms with van der Waals surface area (Å²) in [7, 11) is 0. The first kappa shape index (κ1) is 15.4. The molecule has 1 heterocycles. The molecule has 0 amide bonds. The van der Waals surface area contributed by atoms with Crippen molar-refractivity contribution in [3.05, 3.63) is 35.9 Å². The fourth-order valence-electron chi connectivity index (χ4n) is 2.14. The largest absolute Gasteiger partial charge is 0.394 e. The normalized spacial score (nSPS) is 34.1. The van der Waals surface area contributed by atoms with Crippen molar-refractivity contribution in [2.75, 3.05) is 13.2 Å². The minimum Gasteiger partial charge on any atom is -0.394 e. The number of hydrogen-bond acceptors (Lipinski definition) is 6. The molecule has 1 fully saturated rings. The van der Waals surface area contributed by atoms with Gasteiger partial charge < -0.3 is 29.9 Å². The highest BCUT2D eigenvalue weighted by molar-refractivity contribution is 5.14. The molecule has 1 aromatic carbocycles. The van der Waals surface area contributed by atoms with Gasteiger partial charge in [-0.2, -0.15) is 0 Å². The smallest absolute Gasteiger partial charge is 0.186 e. The molecule has 6 nitrogen and oxygen atoms in total. The van der Waals surface area contributed by atoms with E-state index < -0.39 is 37.3 Å². The van der Waals surface area contributed by atoms with Crippen LogP contribution in [0.1, 0.15) is 5.56 Å². The van der Waals surface area contributed by atoms with E-state index in [0.29, 0.717) is 13.0 Å². The zero-order valence-electron chi connectivity index (χ0n) is 11.0. The van der Waals surface area contributed by atoms with Crippen LogP contribution in [0.2, 0.25) is 0 Å². The second kappa shape index (κ2) is 7.12. The zero-order chi connectivity index (χ0) is 14.5. The molecule has 112 valence electrons. The summed E-state index contributed by atoms with van der Waals surface area (Å²) in [4.78, 5) is 0. The Balaban J connectivity index is 1.85. The molecule has 0 radical (unpaired) electrons. The third kappa shape index (κ3) is 3.54. The lowest BCUT2D eigenvalue weighted by Crippen LogP contribution is -2.59. The van der Waals surface area contributed by atoms with Crippen molar-refractivity contribution in [3.63, 3.8) is 0 Å². The van der Waals surface area contributed by atoms with Gasteiger partial charge in [-0.15, -0.1) is 0 Å². The van der Waals surface area contributed by atoms with Crippen LogP contribution in [0.15, 0.2) is 30.3 Å². The van der Waals surface area contributed by atoms with Crippen molar-refractivity contribution in [2.45, 2.75) is 37.1 Å². The van der Waals surface area contributed by atoms with Crippen molar-refractivity contribution < 1.29 is 29.9 Å². The summed E-state index contributed by atoms with van der Waals surface area (Å²) in [6.07, 6.45) is -5.46. The zero-order valence-corrected chi connectivity index (χ0v) is 11.0. The second-order valence-corrected chi connectivity index (χ2v) is 4.80. The number of aliphatic hydroxyl groups excluding tert-OH is 4. The predicted molar refractivity (Wildman–Crippen MR) is 69.9 cm³/mol. The van der Waals surface area contributed by atoms with Gasteiger partial charge in [0.15, 0.2) is 6.29 Å². The maximum atomic E-state index is 9.78. The fraction of sp³-hybridized carbons (Fsp3) is 0.571. The third-order valence-electron chi connectivity index (χ3n) is 3.36. The Kier molecular flexibility index (Phi) is 5.47. The Hall–Kier alpha value is -1.02. The lowest BCUT2D eigenvalue weighted by atomic mass is 9.99. The third-order valence-corrected chi connectivity index (χ3v) is 3.36. The molecule has 0 bridgehead atoms. The standard InChI is InChI=1S/C14H20O6/c15-8-10-11(16)12(17)13(18)14(20-10)19-7-6-9-4-2-1-3-5-9/h1-5,10-18H,6-8H2. The first-order valence-corrected chi connectivity index (χ1v) is 6.59. The lowest BCUT2D eigenvalue weighted by molar-refractivity contribution is -0.300. The van der Waals surface area contributed by atoms with E-state index in [0.717, 1.165) is 5.56 Å². The van der Waals surface area contributed by atoms with E-state index in [4.69, 9.17) is 14.6 Å². The quantitative estimate of drug-likeness (QED) is 0.556.